The van der Waals surface area contributed by atoms with Gasteiger partial charge in [-0.2, -0.15) is 0 Å². The summed E-state index contributed by atoms with van der Waals surface area (Å²) in [6, 6.07) is 6.54. The van der Waals surface area contributed by atoms with Crippen LogP contribution in [0.5, 0.6) is 0 Å². The number of carbonyl (C=O) groups is 1. The van der Waals surface area contributed by atoms with E-state index in [1.54, 1.807) is 12.3 Å². The van der Waals surface area contributed by atoms with Gasteiger partial charge in [-0.3, -0.25) is 4.79 Å². The highest BCUT2D eigenvalue weighted by Gasteiger charge is 2.16. The first-order valence-corrected chi connectivity index (χ1v) is 8.01. The molecule has 0 N–H and O–H groups in total. The van der Waals surface area contributed by atoms with Crippen LogP contribution in [0.1, 0.15) is 38.6 Å². The molecule has 0 spiro atoms. The van der Waals surface area contributed by atoms with Gasteiger partial charge in [-0.25, -0.2) is 9.37 Å². The molecular formula is C18H24FN3O. The van der Waals surface area contributed by atoms with Crippen LogP contribution in [0.25, 0.3) is 0 Å². The summed E-state index contributed by atoms with van der Waals surface area (Å²) in [5, 5.41) is 0. The Balaban J connectivity index is 2.14. The summed E-state index contributed by atoms with van der Waals surface area (Å²) in [5.74, 6) is 1.10. The molecule has 0 radical (unpaired) electrons. The highest BCUT2D eigenvalue weighted by molar-refractivity contribution is 5.75. The molecule has 5 heteroatoms. The molecule has 0 atom stereocenters. The van der Waals surface area contributed by atoms with Crippen LogP contribution < -0.4 is 0 Å². The highest BCUT2D eigenvalue weighted by Crippen LogP contribution is 2.11. The lowest BCUT2D eigenvalue weighted by atomic mass is 10.2. The Morgan fingerprint density at radius 3 is 2.83 bits per heavy atom. The molecule has 1 heterocycles. The van der Waals surface area contributed by atoms with Crippen molar-refractivity contribution in [1.29, 1.82) is 0 Å². The van der Waals surface area contributed by atoms with Crippen molar-refractivity contribution in [2.24, 2.45) is 5.92 Å². The number of imidazole rings is 1. The standard InChI is InChI=1S/C18H24FN3O/c1-4-18(23)22(11-14(2)3)13-17-20-8-9-21(17)12-15-6-5-7-16(19)10-15/h5-10,14H,4,11-13H2,1-3H3. The predicted molar refractivity (Wildman–Crippen MR) is 88.3 cm³/mol. The fourth-order valence-corrected chi connectivity index (χ4v) is 2.56. The molecule has 0 aliphatic carbocycles. The van der Waals surface area contributed by atoms with Crippen LogP contribution in [0.15, 0.2) is 36.7 Å². The van der Waals surface area contributed by atoms with Gasteiger partial charge >= 0.3 is 0 Å². The third kappa shape index (κ3) is 4.91. The number of hydrogen-bond acceptors (Lipinski definition) is 2. The lowest BCUT2D eigenvalue weighted by Crippen LogP contribution is -2.34. The minimum absolute atomic E-state index is 0.124. The van der Waals surface area contributed by atoms with E-state index in [4.69, 9.17) is 0 Å². The van der Waals surface area contributed by atoms with Crippen molar-refractivity contribution in [3.05, 3.63) is 53.9 Å². The third-order valence-corrected chi connectivity index (χ3v) is 3.62. The fourth-order valence-electron chi connectivity index (χ4n) is 2.56. The van der Waals surface area contributed by atoms with E-state index in [2.05, 4.69) is 18.8 Å². The molecule has 1 amide bonds. The maximum Gasteiger partial charge on any atom is 0.222 e. The molecular weight excluding hydrogens is 293 g/mol. The zero-order valence-electron chi connectivity index (χ0n) is 14.0. The van der Waals surface area contributed by atoms with Crippen molar-refractivity contribution in [3.63, 3.8) is 0 Å². The van der Waals surface area contributed by atoms with Crippen LogP contribution in [0, 0.1) is 11.7 Å². The highest BCUT2D eigenvalue weighted by atomic mass is 19.1. The number of rotatable bonds is 7. The smallest absolute Gasteiger partial charge is 0.222 e. The number of halogens is 1. The molecule has 0 unspecified atom stereocenters. The number of nitrogens with zero attached hydrogens (tertiary/aromatic N) is 3. The third-order valence-electron chi connectivity index (χ3n) is 3.62. The first kappa shape index (κ1) is 17.2. The minimum Gasteiger partial charge on any atom is -0.335 e. The molecule has 2 aromatic rings. The number of aromatic nitrogens is 2. The van der Waals surface area contributed by atoms with Crippen molar-refractivity contribution in [1.82, 2.24) is 14.5 Å². The summed E-state index contributed by atoms with van der Waals surface area (Å²) in [4.78, 5) is 18.3. The number of carbonyl (C=O) groups excluding carboxylic acids is 1. The number of hydrogen-bond donors (Lipinski definition) is 0. The van der Waals surface area contributed by atoms with Crippen LogP contribution in [0.2, 0.25) is 0 Å². The number of amides is 1. The first-order chi connectivity index (χ1) is 11.0. The van der Waals surface area contributed by atoms with E-state index in [0.29, 0.717) is 32.0 Å². The molecule has 4 nitrogen and oxygen atoms in total. The summed E-state index contributed by atoms with van der Waals surface area (Å²) in [6.07, 6.45) is 4.07. The van der Waals surface area contributed by atoms with Crippen LogP contribution in [-0.2, 0) is 17.9 Å². The topological polar surface area (TPSA) is 38.1 Å². The summed E-state index contributed by atoms with van der Waals surface area (Å²) in [7, 11) is 0. The Bertz CT molecular complexity index is 651. The van der Waals surface area contributed by atoms with E-state index in [1.807, 2.05) is 28.7 Å². The summed E-state index contributed by atoms with van der Waals surface area (Å²) < 4.78 is 15.3. The van der Waals surface area contributed by atoms with Crippen molar-refractivity contribution < 1.29 is 9.18 Å². The Hall–Kier alpha value is -2.17. The fraction of sp³-hybridized carbons (Fsp3) is 0.444. The molecule has 1 aromatic heterocycles. The van der Waals surface area contributed by atoms with Gasteiger partial charge in [0.1, 0.15) is 11.6 Å². The molecule has 124 valence electrons. The monoisotopic (exact) mass is 317 g/mol. The maximum absolute atomic E-state index is 13.3. The molecule has 23 heavy (non-hydrogen) atoms. The van der Waals surface area contributed by atoms with Gasteiger partial charge in [0, 0.05) is 31.9 Å². The first-order valence-electron chi connectivity index (χ1n) is 8.01. The average Bonchev–Trinajstić information content (AvgIpc) is 2.92. The normalized spacial score (nSPS) is 11.0. The molecule has 0 aliphatic heterocycles. The van der Waals surface area contributed by atoms with E-state index in [9.17, 15) is 9.18 Å². The van der Waals surface area contributed by atoms with E-state index in [-0.39, 0.29) is 11.7 Å². The van der Waals surface area contributed by atoms with E-state index in [0.717, 1.165) is 11.4 Å². The van der Waals surface area contributed by atoms with Gasteiger partial charge in [0.25, 0.3) is 0 Å². The van der Waals surface area contributed by atoms with Crippen LogP contribution >= 0.6 is 0 Å². The molecule has 0 aliphatic rings. The van der Waals surface area contributed by atoms with Gasteiger partial charge in [-0.05, 0) is 23.6 Å². The summed E-state index contributed by atoms with van der Waals surface area (Å²) in [5.41, 5.74) is 0.876. The van der Waals surface area contributed by atoms with Crippen molar-refractivity contribution >= 4 is 5.91 Å². The van der Waals surface area contributed by atoms with Gasteiger partial charge in [-0.1, -0.05) is 32.9 Å². The van der Waals surface area contributed by atoms with Gasteiger partial charge in [-0.15, -0.1) is 0 Å². The largest absolute Gasteiger partial charge is 0.335 e. The van der Waals surface area contributed by atoms with Gasteiger partial charge in [0.15, 0.2) is 0 Å². The van der Waals surface area contributed by atoms with E-state index >= 15 is 0 Å². The van der Waals surface area contributed by atoms with Crippen molar-refractivity contribution in [3.8, 4) is 0 Å². The summed E-state index contributed by atoms with van der Waals surface area (Å²) in [6.45, 7) is 7.79. The van der Waals surface area contributed by atoms with Gasteiger partial charge in [0.05, 0.1) is 6.54 Å². The lowest BCUT2D eigenvalue weighted by molar-refractivity contribution is -0.132. The zero-order chi connectivity index (χ0) is 16.8. The van der Waals surface area contributed by atoms with Crippen LogP contribution in [0.3, 0.4) is 0 Å². The SMILES string of the molecule is CCC(=O)N(Cc1nccn1Cc1cccc(F)c1)CC(C)C. The second kappa shape index (κ2) is 7.90. The Labute approximate surface area is 136 Å². The Morgan fingerprint density at radius 2 is 2.17 bits per heavy atom. The molecule has 2 rings (SSSR count). The lowest BCUT2D eigenvalue weighted by Gasteiger charge is -2.24. The predicted octanol–water partition coefficient (Wildman–Crippen LogP) is 3.47. The summed E-state index contributed by atoms with van der Waals surface area (Å²) >= 11 is 0. The zero-order valence-corrected chi connectivity index (χ0v) is 14.0. The molecule has 0 saturated carbocycles. The minimum atomic E-state index is -0.244. The van der Waals surface area contributed by atoms with Crippen LogP contribution in [0.4, 0.5) is 4.39 Å². The molecule has 0 bridgehead atoms. The number of benzene rings is 1. The molecule has 0 fully saturated rings. The Kier molecular flexibility index (Phi) is 5.90. The molecule has 0 saturated heterocycles. The van der Waals surface area contributed by atoms with Crippen molar-refractivity contribution in [2.45, 2.75) is 40.3 Å². The van der Waals surface area contributed by atoms with E-state index < -0.39 is 0 Å². The Morgan fingerprint density at radius 1 is 1.39 bits per heavy atom. The molecule has 1 aromatic carbocycles. The second-order valence-electron chi connectivity index (χ2n) is 6.12. The maximum atomic E-state index is 13.3. The van der Waals surface area contributed by atoms with Gasteiger partial charge < -0.3 is 9.47 Å². The van der Waals surface area contributed by atoms with E-state index in [1.165, 1.54) is 12.1 Å². The quantitative estimate of drug-likeness (QED) is 0.784. The van der Waals surface area contributed by atoms with Gasteiger partial charge in [0.2, 0.25) is 5.91 Å². The second-order valence-corrected chi connectivity index (χ2v) is 6.12. The van der Waals surface area contributed by atoms with Crippen molar-refractivity contribution in [2.75, 3.05) is 6.54 Å². The average molecular weight is 317 g/mol. The van der Waals surface area contributed by atoms with Crippen LogP contribution in [-0.4, -0.2) is 26.9 Å².